The molecule has 18 heavy (non-hydrogen) atoms. The Bertz CT molecular complexity index is 596. The molecule has 1 aromatic heterocycles. The van der Waals surface area contributed by atoms with Gasteiger partial charge in [-0.05, 0) is 52.5 Å². The van der Waals surface area contributed by atoms with E-state index < -0.39 is 0 Å². The number of rotatable bonds is 3. The number of aryl methyl sites for hydroxylation is 2. The molecule has 0 radical (unpaired) electrons. The number of nitrogens with one attached hydrogen (secondary N) is 1. The lowest BCUT2D eigenvalue weighted by atomic mass is 10.0. The molecule has 0 atom stereocenters. The largest absolute Gasteiger partial charge is 0.373 e. The van der Waals surface area contributed by atoms with Crippen molar-refractivity contribution >= 4 is 32.7 Å². The van der Waals surface area contributed by atoms with Gasteiger partial charge in [0.2, 0.25) is 0 Å². The first kappa shape index (κ1) is 13.3. The van der Waals surface area contributed by atoms with E-state index >= 15 is 0 Å². The first-order valence-electron chi connectivity index (χ1n) is 6.04. The quantitative estimate of drug-likeness (QED) is 0.906. The molecule has 0 aliphatic rings. The van der Waals surface area contributed by atoms with Gasteiger partial charge in [0, 0.05) is 12.4 Å². The smallest absolute Gasteiger partial charge is 0.146 e. The molecule has 1 N–H and O–H groups in total. The number of pyridine rings is 1. The van der Waals surface area contributed by atoms with Gasteiger partial charge < -0.3 is 5.32 Å². The Hall–Kier alpha value is -1.16. The van der Waals surface area contributed by atoms with Gasteiger partial charge in [0.05, 0.1) is 9.99 Å². The maximum atomic E-state index is 14.1. The van der Waals surface area contributed by atoms with Crippen LogP contribution in [0.4, 0.5) is 10.2 Å². The van der Waals surface area contributed by atoms with Crippen LogP contribution in [0.5, 0.6) is 0 Å². The van der Waals surface area contributed by atoms with E-state index in [1.807, 2.05) is 20.0 Å². The molecule has 0 aliphatic carbocycles. The minimum atomic E-state index is -0.233. The number of hydrogen-bond donors (Lipinski definition) is 1. The Morgan fingerprint density at radius 1 is 1.39 bits per heavy atom. The Labute approximate surface area is 115 Å². The van der Waals surface area contributed by atoms with Gasteiger partial charge in [0.25, 0.3) is 0 Å². The highest BCUT2D eigenvalue weighted by atomic mass is 79.9. The lowest BCUT2D eigenvalue weighted by Crippen LogP contribution is -2.01. The van der Waals surface area contributed by atoms with E-state index in [1.54, 1.807) is 6.07 Å². The number of hydrogen-bond acceptors (Lipinski definition) is 2. The monoisotopic (exact) mass is 310 g/mol. The molecule has 2 nitrogen and oxygen atoms in total. The predicted octanol–water partition coefficient (Wildman–Crippen LogP) is 4.44. The number of benzene rings is 1. The van der Waals surface area contributed by atoms with Crippen LogP contribution in [0, 0.1) is 12.7 Å². The van der Waals surface area contributed by atoms with Gasteiger partial charge >= 0.3 is 0 Å². The highest BCUT2D eigenvalue weighted by Gasteiger charge is 2.13. The summed E-state index contributed by atoms with van der Waals surface area (Å²) in [6.45, 7) is 4.05. The zero-order valence-corrected chi connectivity index (χ0v) is 12.4. The van der Waals surface area contributed by atoms with Gasteiger partial charge in [0.15, 0.2) is 0 Å². The van der Waals surface area contributed by atoms with E-state index in [-0.39, 0.29) is 5.82 Å². The third-order valence-corrected chi connectivity index (χ3v) is 3.60. The van der Waals surface area contributed by atoms with Crippen LogP contribution >= 0.6 is 15.9 Å². The standard InChI is InChI=1S/C14H16BrFN2/c1-4-5-9-7-10-12(16)11(15)6-8(2)13(10)18-14(9)17-3/h6-7H,4-5H2,1-3H3,(H,17,18). The van der Waals surface area contributed by atoms with E-state index in [0.717, 1.165) is 35.3 Å². The number of aromatic nitrogens is 1. The molecule has 0 unspecified atom stereocenters. The summed E-state index contributed by atoms with van der Waals surface area (Å²) in [5, 5.41) is 3.68. The third kappa shape index (κ3) is 2.21. The minimum absolute atomic E-state index is 0.233. The summed E-state index contributed by atoms with van der Waals surface area (Å²) in [7, 11) is 1.85. The first-order valence-corrected chi connectivity index (χ1v) is 6.83. The molecule has 0 fully saturated rings. The molecular weight excluding hydrogens is 295 g/mol. The molecule has 0 saturated heterocycles. The summed E-state index contributed by atoms with van der Waals surface area (Å²) in [4.78, 5) is 4.54. The topological polar surface area (TPSA) is 24.9 Å². The molecular formula is C14H16BrFN2. The van der Waals surface area contributed by atoms with Crippen molar-refractivity contribution in [3.05, 3.63) is 33.5 Å². The summed E-state index contributed by atoms with van der Waals surface area (Å²) < 4.78 is 14.6. The Morgan fingerprint density at radius 2 is 2.11 bits per heavy atom. The zero-order chi connectivity index (χ0) is 13.3. The van der Waals surface area contributed by atoms with Crippen LogP contribution < -0.4 is 5.32 Å². The van der Waals surface area contributed by atoms with Crippen molar-refractivity contribution in [2.24, 2.45) is 0 Å². The van der Waals surface area contributed by atoms with E-state index in [9.17, 15) is 4.39 Å². The van der Waals surface area contributed by atoms with Crippen LogP contribution in [0.25, 0.3) is 10.9 Å². The van der Waals surface area contributed by atoms with E-state index in [0.29, 0.717) is 9.86 Å². The fourth-order valence-electron chi connectivity index (χ4n) is 2.15. The van der Waals surface area contributed by atoms with Crippen molar-refractivity contribution < 1.29 is 4.39 Å². The van der Waals surface area contributed by atoms with Crippen LogP contribution in [-0.2, 0) is 6.42 Å². The van der Waals surface area contributed by atoms with Crippen molar-refractivity contribution in [3.8, 4) is 0 Å². The highest BCUT2D eigenvalue weighted by molar-refractivity contribution is 9.10. The van der Waals surface area contributed by atoms with Gasteiger partial charge in [-0.2, -0.15) is 0 Å². The number of anilines is 1. The van der Waals surface area contributed by atoms with E-state index in [4.69, 9.17) is 0 Å². The van der Waals surface area contributed by atoms with Gasteiger partial charge in [-0.1, -0.05) is 13.3 Å². The Morgan fingerprint density at radius 3 is 2.72 bits per heavy atom. The van der Waals surface area contributed by atoms with Gasteiger partial charge in [-0.15, -0.1) is 0 Å². The molecule has 2 rings (SSSR count). The summed E-state index contributed by atoms with van der Waals surface area (Å²) in [6.07, 6.45) is 1.90. The predicted molar refractivity (Wildman–Crippen MR) is 77.7 cm³/mol. The molecule has 1 heterocycles. The second-order valence-corrected chi connectivity index (χ2v) is 5.24. The number of fused-ring (bicyclic) bond motifs is 1. The zero-order valence-electron chi connectivity index (χ0n) is 10.8. The van der Waals surface area contributed by atoms with Crippen molar-refractivity contribution in [3.63, 3.8) is 0 Å². The second kappa shape index (κ2) is 5.22. The Kier molecular flexibility index (Phi) is 3.85. The normalized spacial score (nSPS) is 10.9. The highest BCUT2D eigenvalue weighted by Crippen LogP contribution is 2.30. The molecule has 1 aromatic carbocycles. The van der Waals surface area contributed by atoms with Crippen molar-refractivity contribution in [1.29, 1.82) is 0 Å². The molecule has 0 aliphatic heterocycles. The first-order chi connectivity index (χ1) is 8.58. The molecule has 0 saturated carbocycles. The third-order valence-electron chi connectivity index (χ3n) is 3.02. The molecule has 96 valence electrons. The van der Waals surface area contributed by atoms with Crippen LogP contribution in [0.2, 0.25) is 0 Å². The summed E-state index contributed by atoms with van der Waals surface area (Å²) in [5.41, 5.74) is 2.75. The number of nitrogens with zero attached hydrogens (tertiary/aromatic N) is 1. The van der Waals surface area contributed by atoms with Crippen molar-refractivity contribution in [1.82, 2.24) is 4.98 Å². The fourth-order valence-corrected chi connectivity index (χ4v) is 2.71. The maximum absolute atomic E-state index is 14.1. The van der Waals surface area contributed by atoms with Gasteiger partial charge in [0.1, 0.15) is 11.6 Å². The summed E-state index contributed by atoms with van der Waals surface area (Å²) in [6, 6.07) is 3.67. The summed E-state index contributed by atoms with van der Waals surface area (Å²) in [5.74, 6) is 0.609. The fraction of sp³-hybridized carbons (Fsp3) is 0.357. The molecule has 0 amide bonds. The van der Waals surface area contributed by atoms with Gasteiger partial charge in [-0.25, -0.2) is 9.37 Å². The second-order valence-electron chi connectivity index (χ2n) is 4.38. The van der Waals surface area contributed by atoms with Crippen molar-refractivity contribution in [2.45, 2.75) is 26.7 Å². The maximum Gasteiger partial charge on any atom is 0.146 e. The Balaban J connectivity index is 2.78. The molecule has 0 spiro atoms. The number of halogens is 2. The van der Waals surface area contributed by atoms with E-state index in [1.165, 1.54) is 0 Å². The average Bonchev–Trinajstić information content (AvgIpc) is 2.36. The lowest BCUT2D eigenvalue weighted by molar-refractivity contribution is 0.632. The molecule has 4 heteroatoms. The van der Waals surface area contributed by atoms with Crippen LogP contribution in [-0.4, -0.2) is 12.0 Å². The van der Waals surface area contributed by atoms with Crippen LogP contribution in [0.3, 0.4) is 0 Å². The molecule has 2 aromatic rings. The van der Waals surface area contributed by atoms with Gasteiger partial charge in [-0.3, -0.25) is 0 Å². The minimum Gasteiger partial charge on any atom is -0.373 e. The lowest BCUT2D eigenvalue weighted by Gasteiger charge is -2.12. The SMILES string of the molecule is CCCc1cc2c(F)c(Br)cc(C)c2nc1NC. The van der Waals surface area contributed by atoms with Crippen LogP contribution in [0.15, 0.2) is 16.6 Å². The average molecular weight is 311 g/mol. The van der Waals surface area contributed by atoms with Crippen molar-refractivity contribution in [2.75, 3.05) is 12.4 Å². The molecule has 0 bridgehead atoms. The summed E-state index contributed by atoms with van der Waals surface area (Å²) >= 11 is 3.25. The van der Waals surface area contributed by atoms with E-state index in [2.05, 4.69) is 33.2 Å². The van der Waals surface area contributed by atoms with Crippen LogP contribution in [0.1, 0.15) is 24.5 Å².